The Morgan fingerprint density at radius 3 is 2.53 bits per heavy atom. The smallest absolute Gasteiger partial charge is 0.228 e. The third-order valence-electron chi connectivity index (χ3n) is 2.57. The van der Waals surface area contributed by atoms with Crippen LogP contribution in [0.15, 0.2) is 35.6 Å². The van der Waals surface area contributed by atoms with E-state index in [9.17, 15) is 4.79 Å². The van der Waals surface area contributed by atoms with Crippen molar-refractivity contribution in [3.8, 4) is 0 Å². The molecule has 2 heteroatoms. The molecule has 1 heterocycles. The molecule has 0 aromatic rings. The highest BCUT2D eigenvalue weighted by Crippen LogP contribution is 2.29. The Kier molecular flexibility index (Phi) is 3.18. The standard InChI is InChI=1S/C13H19NO/c1-6-11-10(8-12(15)14-11)7-9(2)13(3,4)5/h6-7H,2,8H2,1,3-5H3,(H,14,15)/b10-7-,11-6+. The zero-order valence-electron chi connectivity index (χ0n) is 9.98. The van der Waals surface area contributed by atoms with Crippen molar-refractivity contribution in [2.24, 2.45) is 5.41 Å². The van der Waals surface area contributed by atoms with E-state index in [1.807, 2.05) is 19.1 Å². The van der Waals surface area contributed by atoms with Crippen LogP contribution in [-0.4, -0.2) is 5.91 Å². The SMILES string of the molecule is C=C(/C=C1/CC(=O)N/C1=C/C)C(C)(C)C. The first-order chi connectivity index (χ1) is 6.84. The van der Waals surface area contributed by atoms with Gasteiger partial charge in [-0.1, -0.05) is 39.5 Å². The summed E-state index contributed by atoms with van der Waals surface area (Å²) in [6.07, 6.45) is 4.41. The minimum atomic E-state index is 0.0531. The van der Waals surface area contributed by atoms with Crippen molar-refractivity contribution in [2.45, 2.75) is 34.1 Å². The van der Waals surface area contributed by atoms with E-state index < -0.39 is 0 Å². The van der Waals surface area contributed by atoms with Crippen molar-refractivity contribution in [3.63, 3.8) is 0 Å². The van der Waals surface area contributed by atoms with Gasteiger partial charge in [0.05, 0.1) is 6.42 Å². The number of amides is 1. The molecule has 1 rings (SSSR count). The van der Waals surface area contributed by atoms with Gasteiger partial charge in [0.25, 0.3) is 0 Å². The number of nitrogens with one attached hydrogen (secondary N) is 1. The zero-order valence-corrected chi connectivity index (χ0v) is 9.98. The van der Waals surface area contributed by atoms with Crippen molar-refractivity contribution in [1.82, 2.24) is 5.32 Å². The minimum absolute atomic E-state index is 0.0531. The average Bonchev–Trinajstić information content (AvgIpc) is 2.44. The summed E-state index contributed by atoms with van der Waals surface area (Å²) in [5.41, 5.74) is 3.07. The highest BCUT2D eigenvalue weighted by Gasteiger charge is 2.21. The van der Waals surface area contributed by atoms with Crippen molar-refractivity contribution < 1.29 is 4.79 Å². The summed E-state index contributed by atoms with van der Waals surface area (Å²) in [6.45, 7) is 12.3. The topological polar surface area (TPSA) is 29.1 Å². The lowest BCUT2D eigenvalue weighted by molar-refractivity contribution is -0.118. The molecule has 0 spiro atoms. The molecular formula is C13H19NO. The van der Waals surface area contributed by atoms with E-state index in [4.69, 9.17) is 0 Å². The van der Waals surface area contributed by atoms with Gasteiger partial charge in [0.1, 0.15) is 0 Å². The Hall–Kier alpha value is -1.31. The second kappa shape index (κ2) is 4.05. The number of hydrogen-bond acceptors (Lipinski definition) is 1. The van der Waals surface area contributed by atoms with Crippen molar-refractivity contribution >= 4 is 5.91 Å². The molecule has 1 saturated heterocycles. The van der Waals surface area contributed by atoms with Crippen LogP contribution in [0.4, 0.5) is 0 Å². The molecule has 1 aliphatic rings. The summed E-state index contributed by atoms with van der Waals surface area (Å²) in [5.74, 6) is 0.0658. The van der Waals surface area contributed by atoms with Crippen molar-refractivity contribution in [3.05, 3.63) is 35.6 Å². The fraction of sp³-hybridized carbons (Fsp3) is 0.462. The first-order valence-corrected chi connectivity index (χ1v) is 5.21. The fourth-order valence-electron chi connectivity index (χ4n) is 1.36. The molecule has 2 nitrogen and oxygen atoms in total. The normalized spacial score (nSPS) is 22.3. The van der Waals surface area contributed by atoms with Gasteiger partial charge in [0.2, 0.25) is 5.91 Å². The lowest BCUT2D eigenvalue weighted by Crippen LogP contribution is -2.11. The zero-order chi connectivity index (χ0) is 11.6. The number of allylic oxidation sites excluding steroid dienone is 4. The van der Waals surface area contributed by atoms with E-state index in [0.717, 1.165) is 16.8 Å². The molecular weight excluding hydrogens is 186 g/mol. The van der Waals surface area contributed by atoms with Gasteiger partial charge in [-0.15, -0.1) is 0 Å². The van der Waals surface area contributed by atoms with Gasteiger partial charge < -0.3 is 5.32 Å². The monoisotopic (exact) mass is 205 g/mol. The van der Waals surface area contributed by atoms with Gasteiger partial charge >= 0.3 is 0 Å². The molecule has 1 aliphatic heterocycles. The van der Waals surface area contributed by atoms with E-state index in [2.05, 4.69) is 32.7 Å². The van der Waals surface area contributed by atoms with Gasteiger partial charge in [-0.2, -0.15) is 0 Å². The summed E-state index contributed by atoms with van der Waals surface area (Å²) in [5, 5.41) is 2.82. The number of hydrogen-bond donors (Lipinski definition) is 1. The van der Waals surface area contributed by atoms with Crippen LogP contribution in [0.5, 0.6) is 0 Å². The number of rotatable bonds is 1. The molecule has 82 valence electrons. The summed E-state index contributed by atoms with van der Waals surface area (Å²) in [4.78, 5) is 11.2. The average molecular weight is 205 g/mol. The molecule has 1 amide bonds. The van der Waals surface area contributed by atoms with Gasteiger partial charge in [-0.25, -0.2) is 0 Å². The first kappa shape index (κ1) is 11.8. The third-order valence-corrected chi connectivity index (χ3v) is 2.57. The van der Waals surface area contributed by atoms with Crippen molar-refractivity contribution in [2.75, 3.05) is 0 Å². The second-order valence-electron chi connectivity index (χ2n) is 4.87. The quantitative estimate of drug-likeness (QED) is 0.700. The minimum Gasteiger partial charge on any atom is -0.326 e. The second-order valence-corrected chi connectivity index (χ2v) is 4.87. The Balaban J connectivity index is 2.94. The number of carbonyl (C=O) groups excluding carboxylic acids is 1. The summed E-state index contributed by atoms with van der Waals surface area (Å²) in [7, 11) is 0. The van der Waals surface area contributed by atoms with Gasteiger partial charge in [-0.05, 0) is 23.5 Å². The number of carbonyl (C=O) groups is 1. The maximum atomic E-state index is 11.2. The van der Waals surface area contributed by atoms with Crippen LogP contribution in [0.1, 0.15) is 34.1 Å². The van der Waals surface area contributed by atoms with Crippen LogP contribution in [-0.2, 0) is 4.79 Å². The van der Waals surface area contributed by atoms with Crippen molar-refractivity contribution in [1.29, 1.82) is 0 Å². The molecule has 0 atom stereocenters. The largest absolute Gasteiger partial charge is 0.326 e. The highest BCUT2D eigenvalue weighted by molar-refractivity contribution is 5.87. The predicted molar refractivity (Wildman–Crippen MR) is 63.2 cm³/mol. The lowest BCUT2D eigenvalue weighted by atomic mass is 9.86. The molecule has 1 fully saturated rings. The van der Waals surface area contributed by atoms with E-state index in [0.29, 0.717) is 6.42 Å². The summed E-state index contributed by atoms with van der Waals surface area (Å²) < 4.78 is 0. The van der Waals surface area contributed by atoms with Crippen LogP contribution in [0.25, 0.3) is 0 Å². The molecule has 0 aliphatic carbocycles. The fourth-order valence-corrected chi connectivity index (χ4v) is 1.36. The van der Waals surface area contributed by atoms with E-state index >= 15 is 0 Å². The van der Waals surface area contributed by atoms with Crippen LogP contribution in [0.2, 0.25) is 0 Å². The maximum absolute atomic E-state index is 11.2. The molecule has 0 unspecified atom stereocenters. The third kappa shape index (κ3) is 2.82. The van der Waals surface area contributed by atoms with Gasteiger partial charge in [0, 0.05) is 5.70 Å². The van der Waals surface area contributed by atoms with E-state index in [1.54, 1.807) is 0 Å². The molecule has 0 saturated carbocycles. The van der Waals surface area contributed by atoms with E-state index in [-0.39, 0.29) is 11.3 Å². The molecule has 0 aromatic heterocycles. The summed E-state index contributed by atoms with van der Waals surface area (Å²) in [6, 6.07) is 0. The molecule has 1 N–H and O–H groups in total. The maximum Gasteiger partial charge on any atom is 0.228 e. The predicted octanol–water partition coefficient (Wildman–Crippen LogP) is 2.94. The molecule has 15 heavy (non-hydrogen) atoms. The Labute approximate surface area is 91.8 Å². The molecule has 0 aromatic carbocycles. The van der Waals surface area contributed by atoms with Crippen LogP contribution in [0, 0.1) is 5.41 Å². The van der Waals surface area contributed by atoms with Gasteiger partial charge in [0.15, 0.2) is 0 Å². The summed E-state index contributed by atoms with van der Waals surface area (Å²) >= 11 is 0. The Bertz CT molecular complexity index is 353. The van der Waals surface area contributed by atoms with Crippen LogP contribution in [0.3, 0.4) is 0 Å². The first-order valence-electron chi connectivity index (χ1n) is 5.21. The lowest BCUT2D eigenvalue weighted by Gasteiger charge is -2.19. The van der Waals surface area contributed by atoms with E-state index in [1.165, 1.54) is 0 Å². The Morgan fingerprint density at radius 1 is 1.47 bits per heavy atom. The van der Waals surface area contributed by atoms with Crippen LogP contribution < -0.4 is 5.32 Å². The van der Waals surface area contributed by atoms with Crippen LogP contribution >= 0.6 is 0 Å². The highest BCUT2D eigenvalue weighted by atomic mass is 16.1. The molecule has 0 bridgehead atoms. The van der Waals surface area contributed by atoms with Gasteiger partial charge in [-0.3, -0.25) is 4.79 Å². The molecule has 0 radical (unpaired) electrons. The Morgan fingerprint density at radius 2 is 2.07 bits per heavy atom.